The van der Waals surface area contributed by atoms with E-state index < -0.39 is 33.1 Å². The molecule has 8 heteroatoms. The van der Waals surface area contributed by atoms with Gasteiger partial charge in [-0.3, -0.25) is 20.2 Å². The molecule has 0 saturated heterocycles. The second kappa shape index (κ2) is 4.34. The quantitative estimate of drug-likeness (QED) is 0.462. The number of nitro groups is 2. The molecule has 0 aliphatic carbocycles. The van der Waals surface area contributed by atoms with Gasteiger partial charge in [-0.05, 0) is 12.1 Å². The van der Waals surface area contributed by atoms with Crippen LogP contribution in [0.25, 0.3) is 0 Å². The molecule has 1 rings (SSSR count). The Labute approximate surface area is 88.4 Å². The van der Waals surface area contributed by atoms with Crippen molar-refractivity contribution < 1.29 is 19.7 Å². The minimum atomic E-state index is -2.26. The number of hydrogen-bond acceptors (Lipinski definition) is 5. The molecule has 0 fully saturated rings. The van der Waals surface area contributed by atoms with Gasteiger partial charge >= 0.3 is 12.1 Å². The van der Waals surface area contributed by atoms with Gasteiger partial charge in [0.2, 0.25) is 0 Å². The summed E-state index contributed by atoms with van der Waals surface area (Å²) in [5, 5.41) is 29.7. The zero-order valence-corrected chi connectivity index (χ0v) is 7.77. The van der Waals surface area contributed by atoms with Gasteiger partial charge in [0.15, 0.2) is 0 Å². The number of rotatable bonds is 4. The SMILES string of the molecule is O=C(O)c1ccccc1C([N+](=O)[O-])[N+](=O)[O-]. The first-order chi connectivity index (χ1) is 7.45. The van der Waals surface area contributed by atoms with E-state index in [1.165, 1.54) is 12.1 Å². The van der Waals surface area contributed by atoms with Crippen LogP contribution in [-0.4, -0.2) is 20.9 Å². The van der Waals surface area contributed by atoms with Gasteiger partial charge in [-0.25, -0.2) is 4.79 Å². The van der Waals surface area contributed by atoms with Crippen LogP contribution >= 0.6 is 0 Å². The largest absolute Gasteiger partial charge is 0.478 e. The van der Waals surface area contributed by atoms with Gasteiger partial charge in [0.25, 0.3) is 0 Å². The molecule has 16 heavy (non-hydrogen) atoms. The highest BCUT2D eigenvalue weighted by atomic mass is 16.7. The average Bonchev–Trinajstić information content (AvgIpc) is 2.17. The van der Waals surface area contributed by atoms with Crippen LogP contribution in [0.15, 0.2) is 24.3 Å². The van der Waals surface area contributed by atoms with Crippen molar-refractivity contribution in [3.63, 3.8) is 0 Å². The van der Waals surface area contributed by atoms with Crippen LogP contribution in [0, 0.1) is 20.2 Å². The van der Waals surface area contributed by atoms with Gasteiger partial charge in [0.05, 0.1) is 5.56 Å². The van der Waals surface area contributed by atoms with Crippen molar-refractivity contribution in [2.24, 2.45) is 0 Å². The number of nitrogens with zero attached hydrogens (tertiary/aromatic N) is 2. The van der Waals surface area contributed by atoms with E-state index in [9.17, 15) is 25.0 Å². The predicted molar refractivity (Wildman–Crippen MR) is 50.1 cm³/mol. The lowest BCUT2D eigenvalue weighted by atomic mass is 10.1. The van der Waals surface area contributed by atoms with Crippen LogP contribution in [0.4, 0.5) is 0 Å². The third-order valence-electron chi connectivity index (χ3n) is 1.87. The maximum atomic E-state index is 10.7. The van der Waals surface area contributed by atoms with Crippen LogP contribution in [-0.2, 0) is 0 Å². The second-order valence-corrected chi connectivity index (χ2v) is 2.84. The molecule has 1 aromatic carbocycles. The van der Waals surface area contributed by atoms with Crippen molar-refractivity contribution in [1.82, 2.24) is 0 Å². The lowest BCUT2D eigenvalue weighted by molar-refractivity contribution is -0.752. The van der Waals surface area contributed by atoms with E-state index in [0.29, 0.717) is 0 Å². The Kier molecular flexibility index (Phi) is 3.14. The van der Waals surface area contributed by atoms with E-state index >= 15 is 0 Å². The number of carboxylic acid groups (broad SMARTS) is 1. The predicted octanol–water partition coefficient (Wildman–Crippen LogP) is 0.937. The Morgan fingerprint density at radius 1 is 1.19 bits per heavy atom. The molecule has 0 aromatic heterocycles. The minimum Gasteiger partial charge on any atom is -0.478 e. The fraction of sp³-hybridized carbons (Fsp3) is 0.125. The van der Waals surface area contributed by atoms with E-state index in [0.717, 1.165) is 12.1 Å². The van der Waals surface area contributed by atoms with E-state index in [2.05, 4.69) is 0 Å². The molecular formula is C8H6N2O6. The molecule has 0 saturated carbocycles. The van der Waals surface area contributed by atoms with Crippen LogP contribution < -0.4 is 0 Å². The summed E-state index contributed by atoms with van der Waals surface area (Å²) < 4.78 is 0. The summed E-state index contributed by atoms with van der Waals surface area (Å²) in [5.74, 6) is -1.44. The number of hydrogen-bond donors (Lipinski definition) is 1. The summed E-state index contributed by atoms with van der Waals surface area (Å²) >= 11 is 0. The fourth-order valence-electron chi connectivity index (χ4n) is 1.22. The minimum absolute atomic E-state index is 0.440. The molecule has 0 unspecified atom stereocenters. The Balaban J connectivity index is 3.35. The van der Waals surface area contributed by atoms with E-state index in [4.69, 9.17) is 5.11 Å². The highest BCUT2D eigenvalue weighted by molar-refractivity contribution is 5.89. The molecule has 0 heterocycles. The van der Waals surface area contributed by atoms with Crippen molar-refractivity contribution in [1.29, 1.82) is 0 Å². The van der Waals surface area contributed by atoms with Gasteiger partial charge in [-0.2, -0.15) is 0 Å². The summed E-state index contributed by atoms with van der Waals surface area (Å²) in [6, 6.07) is 4.78. The van der Waals surface area contributed by atoms with Gasteiger partial charge in [-0.15, -0.1) is 0 Å². The lowest BCUT2D eigenvalue weighted by Crippen LogP contribution is -2.22. The van der Waals surface area contributed by atoms with Crippen LogP contribution in [0.5, 0.6) is 0 Å². The van der Waals surface area contributed by atoms with E-state index in [1.807, 2.05) is 0 Å². The zero-order valence-electron chi connectivity index (χ0n) is 7.77. The van der Waals surface area contributed by atoms with Crippen molar-refractivity contribution in [3.05, 3.63) is 55.6 Å². The Morgan fingerprint density at radius 2 is 1.69 bits per heavy atom. The van der Waals surface area contributed by atoms with Crippen molar-refractivity contribution >= 4 is 5.97 Å². The molecule has 8 nitrogen and oxygen atoms in total. The normalized spacial score (nSPS) is 10.1. The first-order valence-corrected chi connectivity index (χ1v) is 4.04. The van der Waals surface area contributed by atoms with Gasteiger partial charge in [0, 0.05) is 0 Å². The molecule has 0 aliphatic heterocycles. The third kappa shape index (κ3) is 2.11. The lowest BCUT2D eigenvalue weighted by Gasteiger charge is -2.04. The summed E-state index contributed by atoms with van der Waals surface area (Å²) in [4.78, 5) is 29.4. The summed E-state index contributed by atoms with van der Waals surface area (Å²) in [6.45, 7) is 0. The molecule has 1 aromatic rings. The Hall–Kier alpha value is -2.51. The van der Waals surface area contributed by atoms with Crippen molar-refractivity contribution in [2.45, 2.75) is 6.17 Å². The van der Waals surface area contributed by atoms with Crippen LogP contribution in [0.2, 0.25) is 0 Å². The summed E-state index contributed by atoms with van der Waals surface area (Å²) in [6.07, 6.45) is -2.26. The number of aromatic carboxylic acids is 1. The first-order valence-electron chi connectivity index (χ1n) is 4.04. The van der Waals surface area contributed by atoms with E-state index in [1.54, 1.807) is 0 Å². The molecule has 0 aliphatic rings. The monoisotopic (exact) mass is 226 g/mol. The van der Waals surface area contributed by atoms with Gasteiger partial charge < -0.3 is 5.11 Å². The molecular weight excluding hydrogens is 220 g/mol. The highest BCUT2D eigenvalue weighted by Gasteiger charge is 2.38. The molecule has 0 bridgehead atoms. The summed E-state index contributed by atoms with van der Waals surface area (Å²) in [7, 11) is 0. The molecule has 0 radical (unpaired) electrons. The molecule has 84 valence electrons. The molecule has 0 amide bonds. The zero-order chi connectivity index (χ0) is 12.3. The summed E-state index contributed by atoms with van der Waals surface area (Å²) in [5.41, 5.74) is -0.883. The molecule has 1 N–H and O–H groups in total. The highest BCUT2D eigenvalue weighted by Crippen LogP contribution is 2.21. The van der Waals surface area contributed by atoms with Crippen LogP contribution in [0.3, 0.4) is 0 Å². The van der Waals surface area contributed by atoms with Gasteiger partial charge in [-0.1, -0.05) is 12.1 Å². The first kappa shape index (κ1) is 11.6. The standard InChI is InChI=1S/C8H6N2O6/c11-8(12)6-4-2-1-3-5(6)7(9(13)14)10(15)16/h1-4,7H,(H,11,12). The maximum Gasteiger partial charge on any atom is 0.477 e. The van der Waals surface area contributed by atoms with Crippen molar-refractivity contribution in [3.8, 4) is 0 Å². The smallest absolute Gasteiger partial charge is 0.477 e. The second-order valence-electron chi connectivity index (χ2n) is 2.84. The Morgan fingerprint density at radius 3 is 2.12 bits per heavy atom. The topological polar surface area (TPSA) is 124 Å². The van der Waals surface area contributed by atoms with Crippen molar-refractivity contribution in [2.75, 3.05) is 0 Å². The van der Waals surface area contributed by atoms with E-state index in [-0.39, 0.29) is 0 Å². The number of carboxylic acids is 1. The third-order valence-corrected chi connectivity index (χ3v) is 1.87. The maximum absolute atomic E-state index is 10.7. The van der Waals surface area contributed by atoms with Crippen LogP contribution in [0.1, 0.15) is 22.1 Å². The average molecular weight is 226 g/mol. The number of benzene rings is 1. The number of carbonyl (C=O) groups is 1. The fourth-order valence-corrected chi connectivity index (χ4v) is 1.22. The molecule has 0 spiro atoms. The van der Waals surface area contributed by atoms with Gasteiger partial charge in [0.1, 0.15) is 15.4 Å². The Bertz CT molecular complexity index is 444. The molecule has 0 atom stereocenters.